The molecule has 0 aliphatic heterocycles. The Morgan fingerprint density at radius 1 is 1.00 bits per heavy atom. The van der Waals surface area contributed by atoms with Crippen LogP contribution in [0.3, 0.4) is 0 Å². The number of nitrogens with one attached hydrogen (secondary N) is 2. The SMILES string of the molecule is Cc1cc(C)cc(NC(=O)CSc2nc3ccc(NC(=O)[C@@H]4[C@@H](C(=O)O)[C@H]5C=C[C@H]4C5)cc3s2)c1. The number of nitrogens with zero attached hydrogens (tertiary/aromatic N) is 1. The second-order valence-corrected chi connectivity index (χ2v) is 11.5. The Morgan fingerprint density at radius 3 is 2.43 bits per heavy atom. The van der Waals surface area contributed by atoms with Crippen molar-refractivity contribution in [3.63, 3.8) is 0 Å². The fourth-order valence-electron chi connectivity index (χ4n) is 5.16. The third-order valence-corrected chi connectivity index (χ3v) is 8.68. The zero-order valence-corrected chi connectivity index (χ0v) is 20.9. The number of benzene rings is 2. The van der Waals surface area contributed by atoms with Crippen LogP contribution in [0.2, 0.25) is 0 Å². The van der Waals surface area contributed by atoms with Crippen LogP contribution in [0.1, 0.15) is 17.5 Å². The van der Waals surface area contributed by atoms with Crippen LogP contribution in [0.5, 0.6) is 0 Å². The number of hydrogen-bond acceptors (Lipinski definition) is 6. The summed E-state index contributed by atoms with van der Waals surface area (Å²) in [5.74, 6) is -2.34. The van der Waals surface area contributed by atoms with E-state index < -0.39 is 17.8 Å². The number of thiazole rings is 1. The number of fused-ring (bicyclic) bond motifs is 3. The van der Waals surface area contributed by atoms with Crippen LogP contribution in [0, 0.1) is 37.5 Å². The molecular weight excluding hydrogens is 482 g/mol. The first-order chi connectivity index (χ1) is 16.8. The smallest absolute Gasteiger partial charge is 0.307 e. The van der Waals surface area contributed by atoms with Gasteiger partial charge in [0.1, 0.15) is 0 Å². The quantitative estimate of drug-likeness (QED) is 0.303. The van der Waals surface area contributed by atoms with Crippen molar-refractivity contribution in [3.8, 4) is 0 Å². The molecule has 2 bridgehead atoms. The van der Waals surface area contributed by atoms with Gasteiger partial charge in [-0.2, -0.15) is 0 Å². The highest BCUT2D eigenvalue weighted by Gasteiger charge is 2.51. The minimum Gasteiger partial charge on any atom is -0.481 e. The van der Waals surface area contributed by atoms with Crippen LogP contribution >= 0.6 is 23.1 Å². The normalized spacial score (nSPS) is 22.5. The van der Waals surface area contributed by atoms with Crippen LogP contribution in [-0.4, -0.2) is 33.6 Å². The molecule has 0 saturated heterocycles. The van der Waals surface area contributed by atoms with Crippen LogP contribution in [0.15, 0.2) is 52.9 Å². The molecule has 1 saturated carbocycles. The topological polar surface area (TPSA) is 108 Å². The third-order valence-electron chi connectivity index (χ3n) is 6.52. The van der Waals surface area contributed by atoms with Gasteiger partial charge in [0.2, 0.25) is 11.8 Å². The van der Waals surface area contributed by atoms with E-state index in [1.54, 1.807) is 6.07 Å². The number of carbonyl (C=O) groups excluding carboxylic acids is 2. The van der Waals surface area contributed by atoms with E-state index in [2.05, 4.69) is 21.7 Å². The molecular formula is C26H25N3O4S2. The summed E-state index contributed by atoms with van der Waals surface area (Å²) in [5, 5.41) is 15.5. The van der Waals surface area contributed by atoms with Gasteiger partial charge in [-0.1, -0.05) is 30.0 Å². The second-order valence-electron chi connectivity index (χ2n) is 9.20. The van der Waals surface area contributed by atoms with Crippen molar-refractivity contribution in [2.45, 2.75) is 24.6 Å². The molecule has 0 spiro atoms. The maximum atomic E-state index is 13.0. The van der Waals surface area contributed by atoms with Crippen molar-refractivity contribution < 1.29 is 19.5 Å². The summed E-state index contributed by atoms with van der Waals surface area (Å²) in [4.78, 5) is 41.7. The number of rotatable bonds is 7. The third kappa shape index (κ3) is 4.97. The summed E-state index contributed by atoms with van der Waals surface area (Å²) in [7, 11) is 0. The van der Waals surface area contributed by atoms with Gasteiger partial charge in [0, 0.05) is 11.4 Å². The van der Waals surface area contributed by atoms with Crippen molar-refractivity contribution in [1.29, 1.82) is 0 Å². The van der Waals surface area contributed by atoms with Crippen molar-refractivity contribution >= 4 is 62.5 Å². The number of thioether (sulfide) groups is 1. The van der Waals surface area contributed by atoms with Gasteiger partial charge in [-0.05, 0) is 73.6 Å². The Hall–Kier alpha value is -3.17. The van der Waals surface area contributed by atoms with Gasteiger partial charge in [0.25, 0.3) is 0 Å². The predicted octanol–water partition coefficient (Wildman–Crippen LogP) is 5.11. The van der Waals surface area contributed by atoms with Crippen molar-refractivity contribution in [2.24, 2.45) is 23.7 Å². The number of hydrogen-bond donors (Lipinski definition) is 3. The highest BCUT2D eigenvalue weighted by atomic mass is 32.2. The number of allylic oxidation sites excluding steroid dienone is 2. The number of carboxylic acids is 1. The standard InChI is InChI=1S/C26H25N3O4S2/c1-13-7-14(2)9-18(8-13)27-21(30)12-34-26-29-19-6-5-17(11-20(19)35-26)28-24(31)22-15-3-4-16(10-15)23(22)25(32)33/h3-9,11,15-16,22-23H,10,12H2,1-2H3,(H,27,30)(H,28,31)(H,32,33)/t15-,16-,22-,23-/m0/s1. The van der Waals surface area contributed by atoms with Gasteiger partial charge < -0.3 is 15.7 Å². The molecule has 0 radical (unpaired) electrons. The molecule has 7 nitrogen and oxygen atoms in total. The summed E-state index contributed by atoms with van der Waals surface area (Å²) < 4.78 is 1.66. The Labute approximate surface area is 211 Å². The molecule has 0 unspecified atom stereocenters. The van der Waals surface area contributed by atoms with Gasteiger partial charge in [-0.25, -0.2) is 4.98 Å². The van der Waals surface area contributed by atoms with E-state index >= 15 is 0 Å². The summed E-state index contributed by atoms with van der Waals surface area (Å²) >= 11 is 2.83. The maximum Gasteiger partial charge on any atom is 0.307 e. The van der Waals surface area contributed by atoms with E-state index in [4.69, 9.17) is 0 Å². The summed E-state index contributed by atoms with van der Waals surface area (Å²) in [6.45, 7) is 3.99. The van der Waals surface area contributed by atoms with Crippen LogP contribution < -0.4 is 10.6 Å². The molecule has 1 heterocycles. The largest absolute Gasteiger partial charge is 0.481 e. The van der Waals surface area contributed by atoms with E-state index in [0.29, 0.717) is 5.69 Å². The number of aliphatic carboxylic acids is 1. The van der Waals surface area contributed by atoms with Gasteiger partial charge >= 0.3 is 5.97 Å². The molecule has 35 heavy (non-hydrogen) atoms. The molecule has 9 heteroatoms. The van der Waals surface area contributed by atoms with Crippen LogP contribution in [0.25, 0.3) is 10.2 Å². The van der Waals surface area contributed by atoms with E-state index in [1.807, 2.05) is 50.3 Å². The highest BCUT2D eigenvalue weighted by molar-refractivity contribution is 8.01. The molecule has 3 aromatic rings. The first kappa shape index (κ1) is 23.6. The first-order valence-electron chi connectivity index (χ1n) is 11.4. The highest BCUT2D eigenvalue weighted by Crippen LogP contribution is 2.48. The second kappa shape index (κ2) is 9.47. The van der Waals surface area contributed by atoms with Crippen molar-refractivity contribution in [3.05, 3.63) is 59.7 Å². The summed E-state index contributed by atoms with van der Waals surface area (Å²) in [6, 6.07) is 11.4. The van der Waals surface area contributed by atoms with E-state index in [9.17, 15) is 19.5 Å². The Morgan fingerprint density at radius 2 is 1.71 bits per heavy atom. The van der Waals surface area contributed by atoms with Gasteiger partial charge in [-0.3, -0.25) is 14.4 Å². The molecule has 4 atom stereocenters. The van der Waals surface area contributed by atoms with Gasteiger partial charge in [-0.15, -0.1) is 11.3 Å². The summed E-state index contributed by atoms with van der Waals surface area (Å²) in [6.07, 6.45) is 4.62. The molecule has 180 valence electrons. The number of carbonyl (C=O) groups is 3. The van der Waals surface area contributed by atoms with Crippen LogP contribution in [0.4, 0.5) is 11.4 Å². The monoisotopic (exact) mass is 507 g/mol. The molecule has 1 fully saturated rings. The van der Waals surface area contributed by atoms with Crippen LogP contribution in [-0.2, 0) is 14.4 Å². The molecule has 3 N–H and O–H groups in total. The molecule has 2 amide bonds. The van der Waals surface area contributed by atoms with Gasteiger partial charge in [0.15, 0.2) is 4.34 Å². The number of amides is 2. The predicted molar refractivity (Wildman–Crippen MR) is 139 cm³/mol. The number of anilines is 2. The average Bonchev–Trinajstić information content (AvgIpc) is 3.50. The Balaban J connectivity index is 1.22. The lowest BCUT2D eigenvalue weighted by atomic mass is 9.82. The first-order valence-corrected chi connectivity index (χ1v) is 13.2. The molecule has 2 aliphatic rings. The number of aryl methyl sites for hydroxylation is 2. The minimum atomic E-state index is -0.914. The molecule has 2 aliphatic carbocycles. The Bertz CT molecular complexity index is 1350. The van der Waals surface area contributed by atoms with Crippen molar-refractivity contribution in [1.82, 2.24) is 4.98 Å². The summed E-state index contributed by atoms with van der Waals surface area (Å²) in [5.41, 5.74) is 4.38. The maximum absolute atomic E-state index is 13.0. The fourth-order valence-corrected chi connectivity index (χ4v) is 7.06. The number of carboxylic acid groups (broad SMARTS) is 1. The van der Waals surface area contributed by atoms with E-state index in [0.717, 1.165) is 37.8 Å². The zero-order chi connectivity index (χ0) is 24.7. The molecule has 1 aromatic heterocycles. The molecule has 5 rings (SSSR count). The zero-order valence-electron chi connectivity index (χ0n) is 19.3. The van der Waals surface area contributed by atoms with E-state index in [1.165, 1.54) is 23.1 Å². The Kier molecular flexibility index (Phi) is 6.37. The average molecular weight is 508 g/mol. The number of aromatic nitrogens is 1. The minimum absolute atomic E-state index is 0.0221. The molecule has 2 aromatic carbocycles. The van der Waals surface area contributed by atoms with Gasteiger partial charge in [0.05, 0.1) is 27.8 Å². The lowest BCUT2D eigenvalue weighted by molar-refractivity contribution is -0.146. The fraction of sp³-hybridized carbons (Fsp3) is 0.308. The lowest BCUT2D eigenvalue weighted by Gasteiger charge is -2.23. The van der Waals surface area contributed by atoms with E-state index in [-0.39, 0.29) is 29.4 Å². The van der Waals surface area contributed by atoms with Crippen molar-refractivity contribution in [2.75, 3.05) is 16.4 Å². The lowest BCUT2D eigenvalue weighted by Crippen LogP contribution is -2.36.